The van der Waals surface area contributed by atoms with Gasteiger partial charge in [0.25, 0.3) is 0 Å². The zero-order valence-electron chi connectivity index (χ0n) is 34.2. The summed E-state index contributed by atoms with van der Waals surface area (Å²) in [5.74, 6) is 0.836. The fourth-order valence-electron chi connectivity index (χ4n) is 9.02. The molecule has 2 aliphatic rings. The highest BCUT2D eigenvalue weighted by atomic mass is 14.9. The first-order valence-electron chi connectivity index (χ1n) is 21.5. The molecule has 2 unspecified atom stereocenters. The maximum atomic E-state index is 5.25. The van der Waals surface area contributed by atoms with Crippen LogP contribution in [0, 0.1) is 0 Å². The highest BCUT2D eigenvalue weighted by Gasteiger charge is 2.24. The van der Waals surface area contributed by atoms with E-state index < -0.39 is 0 Å². The molecule has 9 aromatic rings. The monoisotopic (exact) mass is 793 g/mol. The topological polar surface area (TPSA) is 37.8 Å². The SMILES string of the molecule is C1=CC(c2cc(-c3cc(-c4ccccc4)cc(-c4ccccc4)c3)nc(-c3ccccc3)n2)CC=C1c1ccc2c3c(ccc2c1)NC(c1ccccc1)C=C3c1ccccc1. The third-order valence-electron chi connectivity index (χ3n) is 12.2. The number of anilines is 1. The molecular formula is C59H43N3. The van der Waals surface area contributed by atoms with Gasteiger partial charge in [-0.05, 0) is 110 Å². The smallest absolute Gasteiger partial charge is 0.160 e. The molecule has 294 valence electrons. The second-order valence-corrected chi connectivity index (χ2v) is 16.2. The molecule has 0 saturated carbocycles. The van der Waals surface area contributed by atoms with E-state index >= 15 is 0 Å². The van der Waals surface area contributed by atoms with Gasteiger partial charge in [-0.1, -0.05) is 188 Å². The van der Waals surface area contributed by atoms with Crippen LogP contribution in [0.4, 0.5) is 5.69 Å². The molecule has 3 heteroatoms. The Morgan fingerprint density at radius 3 is 1.69 bits per heavy atom. The Bertz CT molecular complexity index is 3090. The summed E-state index contributed by atoms with van der Waals surface area (Å²) >= 11 is 0. The molecule has 1 aromatic heterocycles. The first kappa shape index (κ1) is 37.1. The maximum Gasteiger partial charge on any atom is 0.160 e. The summed E-state index contributed by atoms with van der Waals surface area (Å²) < 4.78 is 0. The van der Waals surface area contributed by atoms with Gasteiger partial charge in [0, 0.05) is 28.3 Å². The number of hydrogen-bond acceptors (Lipinski definition) is 3. The number of aromatic nitrogens is 2. The first-order valence-corrected chi connectivity index (χ1v) is 21.5. The van der Waals surface area contributed by atoms with E-state index in [0.29, 0.717) is 0 Å². The summed E-state index contributed by atoms with van der Waals surface area (Å²) in [6.45, 7) is 0. The van der Waals surface area contributed by atoms with Gasteiger partial charge >= 0.3 is 0 Å². The maximum absolute atomic E-state index is 5.25. The van der Waals surface area contributed by atoms with Gasteiger partial charge in [0.2, 0.25) is 0 Å². The van der Waals surface area contributed by atoms with Crippen LogP contribution in [-0.2, 0) is 0 Å². The van der Waals surface area contributed by atoms with Crippen LogP contribution in [0.1, 0.15) is 46.3 Å². The molecule has 0 saturated heterocycles. The lowest BCUT2D eigenvalue weighted by Gasteiger charge is -2.28. The minimum absolute atomic E-state index is 0.0852. The number of rotatable bonds is 8. The average Bonchev–Trinajstić information content (AvgIpc) is 3.37. The Morgan fingerprint density at radius 2 is 1.06 bits per heavy atom. The molecule has 62 heavy (non-hydrogen) atoms. The first-order chi connectivity index (χ1) is 30.7. The predicted octanol–water partition coefficient (Wildman–Crippen LogP) is 15.0. The van der Waals surface area contributed by atoms with Gasteiger partial charge in [-0.2, -0.15) is 0 Å². The van der Waals surface area contributed by atoms with E-state index in [-0.39, 0.29) is 12.0 Å². The second-order valence-electron chi connectivity index (χ2n) is 16.2. The Labute approximate surface area is 363 Å². The average molecular weight is 794 g/mol. The minimum atomic E-state index is 0.0852. The largest absolute Gasteiger partial charge is 0.374 e. The standard InChI is InChI=1S/C59H43N3/c1-6-16-40(17-7-1)49-35-50(41-18-8-2-9-19-41)37-51(36-49)57-39-56(61-59(62-57)46-24-14-5-15-25-46)45-28-26-42(27-29-45)47-30-32-52-48(34-47)31-33-54-58(52)53(43-20-10-3-11-21-43)38-55(60-54)44-22-12-4-13-23-44/h1-28,30-39,45,55,60H,29H2. The van der Waals surface area contributed by atoms with Gasteiger partial charge in [-0.15, -0.1) is 0 Å². The van der Waals surface area contributed by atoms with Crippen molar-refractivity contribution in [2.45, 2.75) is 18.4 Å². The van der Waals surface area contributed by atoms with Crippen molar-refractivity contribution in [3.05, 3.63) is 259 Å². The Hall–Kier alpha value is -7.88. The van der Waals surface area contributed by atoms with Crippen molar-refractivity contribution >= 4 is 27.6 Å². The normalized spacial score (nSPS) is 15.6. The van der Waals surface area contributed by atoms with Crippen molar-refractivity contribution < 1.29 is 0 Å². The molecular weight excluding hydrogens is 751 g/mol. The van der Waals surface area contributed by atoms with E-state index in [1.807, 2.05) is 6.07 Å². The van der Waals surface area contributed by atoms with Crippen LogP contribution >= 0.6 is 0 Å². The fourth-order valence-corrected chi connectivity index (χ4v) is 9.02. The molecule has 0 bridgehead atoms. The van der Waals surface area contributed by atoms with Crippen LogP contribution in [0.25, 0.3) is 66.8 Å². The third kappa shape index (κ3) is 7.35. The molecule has 2 atom stereocenters. The van der Waals surface area contributed by atoms with E-state index in [0.717, 1.165) is 51.6 Å². The molecule has 0 fully saturated rings. The fraction of sp³-hybridized carbons (Fsp3) is 0.0508. The Morgan fingerprint density at radius 1 is 0.468 bits per heavy atom. The van der Waals surface area contributed by atoms with Crippen LogP contribution in [0.15, 0.2) is 231 Å². The molecule has 2 heterocycles. The molecule has 11 rings (SSSR count). The number of nitrogens with zero attached hydrogens (tertiary/aromatic N) is 2. The molecule has 0 spiro atoms. The molecule has 1 aliphatic carbocycles. The van der Waals surface area contributed by atoms with Crippen molar-refractivity contribution in [2.24, 2.45) is 0 Å². The molecule has 0 amide bonds. The summed E-state index contributed by atoms with van der Waals surface area (Å²) in [5, 5.41) is 6.31. The Balaban J connectivity index is 0.939. The van der Waals surface area contributed by atoms with Crippen LogP contribution in [-0.4, -0.2) is 9.97 Å². The lowest BCUT2D eigenvalue weighted by atomic mass is 9.85. The van der Waals surface area contributed by atoms with E-state index in [2.05, 4.69) is 230 Å². The molecule has 1 N–H and O–H groups in total. The van der Waals surface area contributed by atoms with Gasteiger partial charge in [-0.25, -0.2) is 9.97 Å². The highest BCUT2D eigenvalue weighted by Crippen LogP contribution is 2.44. The van der Waals surface area contributed by atoms with E-state index in [1.165, 1.54) is 55.3 Å². The third-order valence-corrected chi connectivity index (χ3v) is 12.2. The number of nitrogens with one attached hydrogen (secondary N) is 1. The number of benzene rings is 8. The minimum Gasteiger partial charge on any atom is -0.374 e. The van der Waals surface area contributed by atoms with Gasteiger partial charge in [0.1, 0.15) is 0 Å². The molecule has 3 nitrogen and oxygen atoms in total. The predicted molar refractivity (Wildman–Crippen MR) is 259 cm³/mol. The van der Waals surface area contributed by atoms with Crippen molar-refractivity contribution in [3.8, 4) is 44.9 Å². The summed E-state index contributed by atoms with van der Waals surface area (Å²) in [6, 6.07) is 73.6. The lowest BCUT2D eigenvalue weighted by Crippen LogP contribution is -2.15. The Kier molecular flexibility index (Phi) is 9.76. The lowest BCUT2D eigenvalue weighted by molar-refractivity contribution is 0.813. The highest BCUT2D eigenvalue weighted by molar-refractivity contribution is 6.05. The number of allylic oxidation sites excluding steroid dienone is 4. The van der Waals surface area contributed by atoms with Gasteiger partial charge < -0.3 is 5.32 Å². The quantitative estimate of drug-likeness (QED) is 0.166. The van der Waals surface area contributed by atoms with Crippen molar-refractivity contribution in [1.29, 1.82) is 0 Å². The van der Waals surface area contributed by atoms with Crippen LogP contribution in [0.5, 0.6) is 0 Å². The summed E-state index contributed by atoms with van der Waals surface area (Å²) in [4.78, 5) is 10.5. The van der Waals surface area contributed by atoms with Gasteiger partial charge in [0.05, 0.1) is 17.4 Å². The second kappa shape index (κ2) is 16.3. The van der Waals surface area contributed by atoms with Crippen molar-refractivity contribution in [1.82, 2.24) is 9.97 Å². The summed E-state index contributed by atoms with van der Waals surface area (Å²) in [5.41, 5.74) is 17.2. The van der Waals surface area contributed by atoms with Gasteiger partial charge in [0.15, 0.2) is 5.82 Å². The zero-order valence-corrected chi connectivity index (χ0v) is 34.2. The summed E-state index contributed by atoms with van der Waals surface area (Å²) in [7, 11) is 0. The van der Waals surface area contributed by atoms with Crippen LogP contribution < -0.4 is 5.32 Å². The number of fused-ring (bicyclic) bond motifs is 3. The molecule has 1 aliphatic heterocycles. The van der Waals surface area contributed by atoms with Crippen LogP contribution in [0.2, 0.25) is 0 Å². The van der Waals surface area contributed by atoms with E-state index in [4.69, 9.17) is 9.97 Å². The molecule has 0 radical (unpaired) electrons. The van der Waals surface area contributed by atoms with Crippen molar-refractivity contribution in [3.63, 3.8) is 0 Å². The van der Waals surface area contributed by atoms with E-state index in [1.54, 1.807) is 0 Å². The summed E-state index contributed by atoms with van der Waals surface area (Å²) in [6.07, 6.45) is 10.2. The zero-order chi connectivity index (χ0) is 41.2. The van der Waals surface area contributed by atoms with Gasteiger partial charge in [-0.3, -0.25) is 0 Å². The van der Waals surface area contributed by atoms with Crippen LogP contribution in [0.3, 0.4) is 0 Å². The molecule has 8 aromatic carbocycles. The van der Waals surface area contributed by atoms with Crippen molar-refractivity contribution in [2.75, 3.05) is 5.32 Å². The number of hydrogen-bond donors (Lipinski definition) is 1. The van der Waals surface area contributed by atoms with E-state index in [9.17, 15) is 0 Å².